The number of rotatable bonds is 13. The molecule has 27 heavy (non-hydrogen) atoms. The molecule has 0 aliphatic heterocycles. The molecule has 0 amide bonds. The van der Waals surface area contributed by atoms with Crippen molar-refractivity contribution in [1.29, 1.82) is 0 Å². The first-order valence-corrected chi connectivity index (χ1v) is 18.3. The molecule has 0 N–H and O–H groups in total. The van der Waals surface area contributed by atoms with Crippen LogP contribution in [-0.2, 0) is 11.5 Å². The number of aromatic nitrogens is 2. The van der Waals surface area contributed by atoms with Crippen LogP contribution in [0.5, 0.6) is 0 Å². The van der Waals surface area contributed by atoms with Crippen molar-refractivity contribution in [2.24, 2.45) is 0 Å². The molecule has 0 fully saturated rings. The van der Waals surface area contributed by atoms with Gasteiger partial charge in [0, 0.05) is 0 Å². The summed E-state index contributed by atoms with van der Waals surface area (Å²) in [5, 5.41) is 0. The van der Waals surface area contributed by atoms with Gasteiger partial charge < -0.3 is 0 Å². The fourth-order valence-corrected chi connectivity index (χ4v) is 20.1. The molecule has 0 saturated carbocycles. The van der Waals surface area contributed by atoms with Gasteiger partial charge >= 0.3 is 171 Å². The summed E-state index contributed by atoms with van der Waals surface area (Å²) < 4.78 is 13.7. The average molecular weight is 477 g/mol. The molecule has 2 aromatic rings. The van der Waals surface area contributed by atoms with E-state index < -0.39 is 18.4 Å². The molecule has 0 spiro atoms. The van der Waals surface area contributed by atoms with Crippen LogP contribution in [0.2, 0.25) is 13.3 Å². The summed E-state index contributed by atoms with van der Waals surface area (Å²) in [6.45, 7) is 7.60. The number of hydrogen-bond donors (Lipinski definition) is 0. The molecule has 0 radical (unpaired) electrons. The molecule has 0 saturated heterocycles. The van der Waals surface area contributed by atoms with Gasteiger partial charge in [-0.15, -0.1) is 0 Å². The van der Waals surface area contributed by atoms with E-state index in [0.717, 1.165) is 5.69 Å². The summed E-state index contributed by atoms with van der Waals surface area (Å²) in [6, 6.07) is 10.6. The molecular formula is C23H38N2OSn. The van der Waals surface area contributed by atoms with Crippen molar-refractivity contribution >= 4 is 22.2 Å². The predicted octanol–water partition coefficient (Wildman–Crippen LogP) is 6.21. The molecule has 0 bridgehead atoms. The third-order valence-electron chi connectivity index (χ3n) is 5.62. The third-order valence-corrected chi connectivity index (χ3v) is 20.7. The monoisotopic (exact) mass is 478 g/mol. The van der Waals surface area contributed by atoms with E-state index in [1.165, 1.54) is 61.2 Å². The van der Waals surface area contributed by atoms with Crippen molar-refractivity contribution in [3.05, 3.63) is 36.5 Å². The maximum atomic E-state index is 5.58. The van der Waals surface area contributed by atoms with Crippen LogP contribution in [0.4, 0.5) is 0 Å². The van der Waals surface area contributed by atoms with Crippen LogP contribution in [0.1, 0.15) is 59.3 Å². The molecule has 0 unspecified atom stereocenters. The summed E-state index contributed by atoms with van der Waals surface area (Å²) in [4.78, 5) is 5.31. The van der Waals surface area contributed by atoms with E-state index in [0.29, 0.717) is 6.73 Å². The van der Waals surface area contributed by atoms with Crippen molar-refractivity contribution in [2.75, 3.05) is 7.11 Å². The van der Waals surface area contributed by atoms with Gasteiger partial charge in [0.25, 0.3) is 0 Å². The molecule has 150 valence electrons. The quantitative estimate of drug-likeness (QED) is 0.321. The molecule has 0 aliphatic carbocycles. The molecule has 1 aromatic carbocycles. The number of imidazole rings is 1. The zero-order valence-corrected chi connectivity index (χ0v) is 20.7. The summed E-state index contributed by atoms with van der Waals surface area (Å²) in [5.41, 5.74) is 2.34. The second kappa shape index (κ2) is 11.9. The molecule has 1 aromatic heterocycles. The van der Waals surface area contributed by atoms with Gasteiger partial charge in [-0.2, -0.15) is 0 Å². The van der Waals surface area contributed by atoms with Crippen molar-refractivity contribution < 1.29 is 4.74 Å². The number of benzene rings is 1. The zero-order chi connectivity index (χ0) is 19.5. The van der Waals surface area contributed by atoms with E-state index in [1.807, 2.05) is 0 Å². The second-order valence-electron chi connectivity index (χ2n) is 7.79. The van der Waals surface area contributed by atoms with Gasteiger partial charge in [0.15, 0.2) is 0 Å². The number of methoxy groups -OCH3 is 1. The Bertz CT molecular complexity index is 632. The molecule has 0 aliphatic rings. The second-order valence-corrected chi connectivity index (χ2v) is 20.7. The Labute approximate surface area is 170 Å². The molecular weight excluding hydrogens is 439 g/mol. The molecule has 3 nitrogen and oxygen atoms in total. The van der Waals surface area contributed by atoms with Crippen molar-refractivity contribution in [2.45, 2.75) is 79.3 Å². The van der Waals surface area contributed by atoms with Gasteiger partial charge in [0.1, 0.15) is 0 Å². The SMILES string of the molecule is CCC[CH2][Sn]([CH2]CCC)([CH2]CCC)[c]1nc(-c2ccccc2)cn1COC. The average Bonchev–Trinajstić information content (AvgIpc) is 3.13. The van der Waals surface area contributed by atoms with Crippen molar-refractivity contribution in [1.82, 2.24) is 9.55 Å². The Morgan fingerprint density at radius 2 is 1.44 bits per heavy atom. The van der Waals surface area contributed by atoms with E-state index >= 15 is 0 Å². The first kappa shape index (κ1) is 22.5. The van der Waals surface area contributed by atoms with Gasteiger partial charge in [-0.1, -0.05) is 0 Å². The summed E-state index contributed by atoms with van der Waals surface area (Å²) >= 11 is -2.59. The number of unbranched alkanes of at least 4 members (excludes halogenated alkanes) is 3. The van der Waals surface area contributed by atoms with Crippen molar-refractivity contribution in [3.8, 4) is 11.3 Å². The van der Waals surface area contributed by atoms with Crippen LogP contribution in [-0.4, -0.2) is 35.0 Å². The summed E-state index contributed by atoms with van der Waals surface area (Å²) in [6.07, 6.45) is 10.1. The molecule has 4 heteroatoms. The van der Waals surface area contributed by atoms with Crippen LogP contribution in [0.25, 0.3) is 11.3 Å². The van der Waals surface area contributed by atoms with Gasteiger partial charge in [-0.05, 0) is 0 Å². The van der Waals surface area contributed by atoms with Gasteiger partial charge in [0.05, 0.1) is 0 Å². The van der Waals surface area contributed by atoms with E-state index in [-0.39, 0.29) is 0 Å². The standard InChI is InChI=1S/C11H11N2O.3C4H9.Sn/c1-14-9-13-7-11(12-8-13)10-5-3-2-4-6-10;3*1-3-4-2;/h2-7H,9H2,1H3;3*1,3-4H2,2H3;. The Morgan fingerprint density at radius 1 is 0.889 bits per heavy atom. The Morgan fingerprint density at radius 3 is 1.93 bits per heavy atom. The van der Waals surface area contributed by atoms with Crippen LogP contribution >= 0.6 is 0 Å². The van der Waals surface area contributed by atoms with E-state index in [9.17, 15) is 0 Å². The van der Waals surface area contributed by atoms with Crippen LogP contribution in [0.15, 0.2) is 36.5 Å². The minimum atomic E-state index is -2.59. The summed E-state index contributed by atoms with van der Waals surface area (Å²) in [7, 11) is 1.80. The first-order valence-electron chi connectivity index (χ1n) is 10.8. The number of hydrogen-bond acceptors (Lipinski definition) is 2. The minimum absolute atomic E-state index is 0.623. The van der Waals surface area contributed by atoms with Crippen LogP contribution < -0.4 is 3.84 Å². The van der Waals surface area contributed by atoms with Crippen LogP contribution in [0.3, 0.4) is 0 Å². The fourth-order valence-electron chi connectivity index (χ4n) is 4.08. The molecule has 2 rings (SSSR count). The van der Waals surface area contributed by atoms with Gasteiger partial charge in [-0.3, -0.25) is 0 Å². The Kier molecular flexibility index (Phi) is 9.91. The van der Waals surface area contributed by atoms with Gasteiger partial charge in [-0.25, -0.2) is 0 Å². The first-order chi connectivity index (χ1) is 13.2. The topological polar surface area (TPSA) is 27.1 Å². The van der Waals surface area contributed by atoms with E-state index in [1.54, 1.807) is 7.11 Å². The van der Waals surface area contributed by atoms with Crippen molar-refractivity contribution in [3.63, 3.8) is 0 Å². The molecule has 0 atom stereocenters. The number of ether oxygens (including phenoxy) is 1. The summed E-state index contributed by atoms with van der Waals surface area (Å²) in [5.74, 6) is 0. The van der Waals surface area contributed by atoms with E-state index in [2.05, 4.69) is 61.9 Å². The Hall–Kier alpha value is -0.811. The van der Waals surface area contributed by atoms with E-state index in [4.69, 9.17) is 9.72 Å². The number of nitrogens with zero attached hydrogens (tertiary/aromatic N) is 2. The fraction of sp³-hybridized carbons (Fsp3) is 0.609. The van der Waals surface area contributed by atoms with Crippen LogP contribution in [0, 0.1) is 0 Å². The third kappa shape index (κ3) is 6.08. The predicted molar refractivity (Wildman–Crippen MR) is 119 cm³/mol. The Balaban J connectivity index is 2.51. The normalized spacial score (nSPS) is 11.9. The van der Waals surface area contributed by atoms with Gasteiger partial charge in [0.2, 0.25) is 0 Å². The molecule has 1 heterocycles. The maximum absolute atomic E-state index is 5.58. The zero-order valence-electron chi connectivity index (χ0n) is 17.8.